The molecule has 2 N–H and O–H groups in total. The third-order valence-corrected chi connectivity index (χ3v) is 6.09. The van der Waals surface area contributed by atoms with Gasteiger partial charge in [0.1, 0.15) is 19.0 Å². The smallest absolute Gasteiger partial charge is 0.204 e. The summed E-state index contributed by atoms with van der Waals surface area (Å²) in [6.45, 7) is 6.71. The number of nitrogen functional groups attached to an aromatic ring is 1. The van der Waals surface area contributed by atoms with Crippen LogP contribution in [0.25, 0.3) is 10.9 Å². The molecule has 0 amide bonds. The minimum atomic E-state index is -0.545. The van der Waals surface area contributed by atoms with Gasteiger partial charge in [0.25, 0.3) is 0 Å². The van der Waals surface area contributed by atoms with Crippen molar-refractivity contribution >= 4 is 16.6 Å². The SMILES string of the molecule is CN1CCN(CCCOc2cc3nccc(Oc4ccc(N)cc4F)c3c3c2OCCO3)CC1. The van der Waals surface area contributed by atoms with Gasteiger partial charge < -0.3 is 34.5 Å². The Morgan fingerprint density at radius 2 is 1.79 bits per heavy atom. The molecule has 0 bridgehead atoms. The topological polar surface area (TPSA) is 82.3 Å². The van der Waals surface area contributed by atoms with Crippen LogP contribution in [0.5, 0.6) is 28.7 Å². The van der Waals surface area contributed by atoms with E-state index in [9.17, 15) is 4.39 Å². The maximum Gasteiger partial charge on any atom is 0.204 e. The Morgan fingerprint density at radius 1 is 1.00 bits per heavy atom. The second kappa shape index (κ2) is 9.90. The van der Waals surface area contributed by atoms with Crippen molar-refractivity contribution in [3.8, 4) is 28.7 Å². The fourth-order valence-corrected chi connectivity index (χ4v) is 4.23. The largest absolute Gasteiger partial charge is 0.489 e. The fraction of sp³-hybridized carbons (Fsp3) is 0.400. The second-order valence-corrected chi connectivity index (χ2v) is 8.57. The van der Waals surface area contributed by atoms with Crippen LogP contribution in [0, 0.1) is 5.82 Å². The van der Waals surface area contributed by atoms with Crippen LogP contribution in [0.1, 0.15) is 6.42 Å². The normalized spacial score (nSPS) is 16.5. The van der Waals surface area contributed by atoms with Gasteiger partial charge in [-0.25, -0.2) is 4.39 Å². The Bertz CT molecular complexity index is 1170. The monoisotopic (exact) mass is 468 g/mol. The lowest BCUT2D eigenvalue weighted by Crippen LogP contribution is -2.44. The molecule has 0 saturated carbocycles. The van der Waals surface area contributed by atoms with E-state index >= 15 is 0 Å². The molecule has 0 radical (unpaired) electrons. The van der Waals surface area contributed by atoms with Gasteiger partial charge in [-0.2, -0.15) is 0 Å². The highest BCUT2D eigenvalue weighted by atomic mass is 19.1. The summed E-state index contributed by atoms with van der Waals surface area (Å²) in [5, 5.41) is 0.609. The molecule has 9 heteroatoms. The van der Waals surface area contributed by atoms with Crippen LogP contribution in [-0.2, 0) is 0 Å². The maximum absolute atomic E-state index is 14.4. The van der Waals surface area contributed by atoms with Gasteiger partial charge in [-0.1, -0.05) is 0 Å². The first-order valence-corrected chi connectivity index (χ1v) is 11.6. The van der Waals surface area contributed by atoms with Gasteiger partial charge in [0.05, 0.1) is 17.5 Å². The van der Waals surface area contributed by atoms with Gasteiger partial charge in [0.2, 0.25) is 5.75 Å². The predicted molar refractivity (Wildman–Crippen MR) is 128 cm³/mol. The zero-order valence-electron chi connectivity index (χ0n) is 19.3. The summed E-state index contributed by atoms with van der Waals surface area (Å²) in [5.41, 5.74) is 6.60. The molecule has 1 fully saturated rings. The summed E-state index contributed by atoms with van der Waals surface area (Å²) in [5.74, 6) is 1.54. The minimum absolute atomic E-state index is 0.0661. The molecule has 1 saturated heterocycles. The van der Waals surface area contributed by atoms with Crippen molar-refractivity contribution in [2.75, 3.05) is 65.3 Å². The van der Waals surface area contributed by atoms with Crippen LogP contribution in [0.15, 0.2) is 36.5 Å². The first kappa shape index (κ1) is 22.5. The van der Waals surface area contributed by atoms with E-state index in [1.54, 1.807) is 18.3 Å². The summed E-state index contributed by atoms with van der Waals surface area (Å²) < 4.78 is 38.3. The third kappa shape index (κ3) is 4.80. The lowest BCUT2D eigenvalue weighted by molar-refractivity contribution is 0.142. The molecule has 8 nitrogen and oxygen atoms in total. The number of pyridine rings is 1. The quantitative estimate of drug-likeness (QED) is 0.417. The highest BCUT2D eigenvalue weighted by Crippen LogP contribution is 2.48. The van der Waals surface area contributed by atoms with Crippen molar-refractivity contribution in [2.45, 2.75) is 6.42 Å². The average Bonchev–Trinajstić information content (AvgIpc) is 2.84. The van der Waals surface area contributed by atoms with E-state index in [4.69, 9.17) is 24.7 Å². The predicted octanol–water partition coefficient (Wildman–Crippen LogP) is 3.54. The molecular formula is C25H29FN4O4. The Balaban J connectivity index is 1.37. The second-order valence-electron chi connectivity index (χ2n) is 8.57. The lowest BCUT2D eigenvalue weighted by atomic mass is 10.1. The van der Waals surface area contributed by atoms with Gasteiger partial charge in [0, 0.05) is 56.7 Å². The Kier molecular flexibility index (Phi) is 6.55. The number of benzene rings is 2. The number of rotatable bonds is 7. The molecule has 1 aromatic heterocycles. The first-order valence-electron chi connectivity index (χ1n) is 11.6. The molecular weight excluding hydrogens is 439 g/mol. The van der Waals surface area contributed by atoms with Crippen molar-refractivity contribution in [3.63, 3.8) is 0 Å². The Labute approximate surface area is 198 Å². The van der Waals surface area contributed by atoms with Crippen LogP contribution < -0.4 is 24.7 Å². The Hall–Kier alpha value is -3.30. The molecule has 2 aliphatic heterocycles. The number of ether oxygens (including phenoxy) is 4. The number of fused-ring (bicyclic) bond motifs is 3. The fourth-order valence-electron chi connectivity index (χ4n) is 4.23. The number of hydrogen-bond acceptors (Lipinski definition) is 8. The third-order valence-electron chi connectivity index (χ3n) is 6.09. The van der Waals surface area contributed by atoms with Gasteiger partial charge >= 0.3 is 0 Å². The number of hydrogen-bond donors (Lipinski definition) is 1. The van der Waals surface area contributed by atoms with E-state index < -0.39 is 5.82 Å². The average molecular weight is 469 g/mol. The van der Waals surface area contributed by atoms with E-state index in [0.717, 1.165) is 39.1 Å². The van der Waals surface area contributed by atoms with Gasteiger partial charge in [-0.3, -0.25) is 4.98 Å². The number of aromatic nitrogens is 1. The summed E-state index contributed by atoms with van der Waals surface area (Å²) in [7, 11) is 2.15. The molecule has 0 aliphatic carbocycles. The van der Waals surface area contributed by atoms with Crippen LogP contribution in [0.4, 0.5) is 10.1 Å². The van der Waals surface area contributed by atoms with Crippen molar-refractivity contribution in [1.82, 2.24) is 14.8 Å². The maximum atomic E-state index is 14.4. The highest BCUT2D eigenvalue weighted by Gasteiger charge is 2.25. The molecule has 3 heterocycles. The zero-order chi connectivity index (χ0) is 23.5. The van der Waals surface area contributed by atoms with E-state index in [0.29, 0.717) is 59.4 Å². The number of likely N-dealkylation sites (N-methyl/N-ethyl adjacent to an activating group) is 1. The molecule has 180 valence electrons. The van der Waals surface area contributed by atoms with E-state index in [2.05, 4.69) is 21.8 Å². The first-order chi connectivity index (χ1) is 16.6. The van der Waals surface area contributed by atoms with Gasteiger partial charge in [-0.05, 0) is 31.7 Å². The zero-order valence-corrected chi connectivity index (χ0v) is 19.3. The Morgan fingerprint density at radius 3 is 2.59 bits per heavy atom. The molecule has 3 aromatic rings. The van der Waals surface area contributed by atoms with Crippen molar-refractivity contribution in [1.29, 1.82) is 0 Å². The summed E-state index contributed by atoms with van der Waals surface area (Å²) >= 11 is 0. The van der Waals surface area contributed by atoms with Crippen LogP contribution in [0.3, 0.4) is 0 Å². The summed E-state index contributed by atoms with van der Waals surface area (Å²) in [4.78, 5) is 9.28. The van der Waals surface area contributed by atoms with E-state index in [1.807, 2.05) is 6.07 Å². The number of nitrogens with two attached hydrogens (primary N) is 1. The van der Waals surface area contributed by atoms with Crippen molar-refractivity contribution < 1.29 is 23.3 Å². The van der Waals surface area contributed by atoms with Crippen molar-refractivity contribution in [2.24, 2.45) is 0 Å². The molecule has 0 spiro atoms. The molecule has 0 unspecified atom stereocenters. The molecule has 5 rings (SSSR count). The molecule has 2 aliphatic rings. The molecule has 2 aromatic carbocycles. The highest BCUT2D eigenvalue weighted by molar-refractivity contribution is 5.95. The molecule has 0 atom stereocenters. The summed E-state index contributed by atoms with van der Waals surface area (Å²) in [6.07, 6.45) is 2.52. The minimum Gasteiger partial charge on any atom is -0.489 e. The van der Waals surface area contributed by atoms with Crippen LogP contribution in [-0.4, -0.2) is 74.4 Å². The number of halogens is 1. The van der Waals surface area contributed by atoms with Gasteiger partial charge in [-0.15, -0.1) is 0 Å². The van der Waals surface area contributed by atoms with E-state index in [-0.39, 0.29) is 5.75 Å². The standard InChI is InChI=1S/C25H29FN4O4/c1-29-8-10-30(11-9-29)7-2-12-31-22-16-19-23(25-24(22)32-13-14-33-25)21(5-6-28-19)34-20-4-3-17(27)15-18(20)26/h3-6,15-16H,2,7-14,27H2,1H3. The van der Waals surface area contributed by atoms with Gasteiger partial charge in [0.15, 0.2) is 23.1 Å². The van der Waals surface area contributed by atoms with E-state index in [1.165, 1.54) is 12.1 Å². The number of anilines is 1. The van der Waals surface area contributed by atoms with Crippen LogP contribution in [0.2, 0.25) is 0 Å². The summed E-state index contributed by atoms with van der Waals surface area (Å²) in [6, 6.07) is 7.81. The lowest BCUT2D eigenvalue weighted by Gasteiger charge is -2.32. The molecule has 34 heavy (non-hydrogen) atoms. The number of piperazine rings is 1. The van der Waals surface area contributed by atoms with Crippen LogP contribution >= 0.6 is 0 Å². The number of nitrogens with zero attached hydrogens (tertiary/aromatic N) is 3. The van der Waals surface area contributed by atoms with Crippen molar-refractivity contribution in [3.05, 3.63) is 42.3 Å².